The molecule has 0 unspecified atom stereocenters. The highest BCUT2D eigenvalue weighted by Gasteiger charge is 2.36. The second kappa shape index (κ2) is 7.33. The number of halogens is 4. The summed E-state index contributed by atoms with van der Waals surface area (Å²) in [7, 11) is 0. The molecule has 0 saturated carbocycles. The minimum absolute atomic E-state index is 0.242. The van der Waals surface area contributed by atoms with Gasteiger partial charge in [0, 0.05) is 13.1 Å². The molecule has 4 rings (SSSR count). The van der Waals surface area contributed by atoms with Crippen LogP contribution in [0.3, 0.4) is 0 Å². The molecular formula is C20H18ClF3N4O. The summed E-state index contributed by atoms with van der Waals surface area (Å²) in [6.07, 6.45) is -3.46. The van der Waals surface area contributed by atoms with Crippen LogP contribution >= 0.6 is 11.6 Å². The Morgan fingerprint density at radius 2 is 1.83 bits per heavy atom. The summed E-state index contributed by atoms with van der Waals surface area (Å²) in [6.45, 7) is 2.45. The number of hydrogen-bond acceptors (Lipinski definition) is 3. The topological polar surface area (TPSA) is 50.5 Å². The number of benzene rings is 1. The Labute approximate surface area is 170 Å². The van der Waals surface area contributed by atoms with Crippen LogP contribution in [0.25, 0.3) is 5.65 Å². The molecule has 0 N–H and O–H groups in total. The fourth-order valence-corrected chi connectivity index (χ4v) is 4.06. The SMILES string of the molecule is Cc1nc2ccc(Cl)nn2c1C(=O)N1CCC(c2ccccc2C(F)(F)F)CC1. The monoisotopic (exact) mass is 422 g/mol. The summed E-state index contributed by atoms with van der Waals surface area (Å²) in [5.41, 5.74) is 1.09. The molecule has 1 fully saturated rings. The van der Waals surface area contributed by atoms with Crippen molar-refractivity contribution in [3.63, 3.8) is 0 Å². The summed E-state index contributed by atoms with van der Waals surface area (Å²) in [5, 5.41) is 4.40. The molecule has 0 aliphatic carbocycles. The largest absolute Gasteiger partial charge is 0.416 e. The molecule has 2 aromatic heterocycles. The number of carbonyl (C=O) groups excluding carboxylic acids is 1. The third kappa shape index (κ3) is 3.69. The lowest BCUT2D eigenvalue weighted by Gasteiger charge is -2.33. The van der Waals surface area contributed by atoms with Crippen molar-refractivity contribution in [1.82, 2.24) is 19.5 Å². The first-order valence-corrected chi connectivity index (χ1v) is 9.61. The molecule has 1 aliphatic heterocycles. The summed E-state index contributed by atoms with van der Waals surface area (Å²) >= 11 is 5.95. The second-order valence-electron chi connectivity index (χ2n) is 7.12. The molecule has 0 bridgehead atoms. The number of hydrogen-bond donors (Lipinski definition) is 0. The molecule has 9 heteroatoms. The normalized spacial score (nSPS) is 15.8. The standard InChI is InChI=1S/C20H18ClF3N4O/c1-12-18(28-17(25-12)7-6-16(21)26-28)19(29)27-10-8-13(9-11-27)14-4-2-3-5-15(14)20(22,23)24/h2-7,13H,8-11H2,1H3. The molecule has 1 aromatic carbocycles. The fraction of sp³-hybridized carbons (Fsp3) is 0.350. The third-order valence-corrected chi connectivity index (χ3v) is 5.51. The number of rotatable bonds is 2. The average molecular weight is 423 g/mol. The van der Waals surface area contributed by atoms with E-state index >= 15 is 0 Å². The molecular weight excluding hydrogens is 405 g/mol. The molecule has 3 aromatic rings. The zero-order valence-electron chi connectivity index (χ0n) is 15.6. The van der Waals surface area contributed by atoms with E-state index in [1.54, 1.807) is 30.0 Å². The van der Waals surface area contributed by atoms with Crippen molar-refractivity contribution < 1.29 is 18.0 Å². The van der Waals surface area contributed by atoms with Crippen LogP contribution in [0.15, 0.2) is 36.4 Å². The van der Waals surface area contributed by atoms with Crippen molar-refractivity contribution in [1.29, 1.82) is 0 Å². The van der Waals surface area contributed by atoms with Crippen molar-refractivity contribution in [2.45, 2.75) is 31.9 Å². The average Bonchev–Trinajstić information content (AvgIpc) is 3.02. The predicted molar refractivity (Wildman–Crippen MR) is 102 cm³/mol. The van der Waals surface area contributed by atoms with Gasteiger partial charge in [0.25, 0.3) is 5.91 Å². The Kier molecular flexibility index (Phi) is 4.98. The zero-order valence-corrected chi connectivity index (χ0v) is 16.3. The number of amides is 1. The van der Waals surface area contributed by atoms with Gasteiger partial charge in [-0.25, -0.2) is 9.50 Å². The van der Waals surface area contributed by atoms with Crippen molar-refractivity contribution in [3.8, 4) is 0 Å². The lowest BCUT2D eigenvalue weighted by Crippen LogP contribution is -2.39. The van der Waals surface area contributed by atoms with Crippen LogP contribution in [0.1, 0.15) is 46.1 Å². The number of piperidine rings is 1. The van der Waals surface area contributed by atoms with Crippen LogP contribution in [0.2, 0.25) is 5.15 Å². The molecule has 0 radical (unpaired) electrons. The number of nitrogens with zero attached hydrogens (tertiary/aromatic N) is 4. The van der Waals surface area contributed by atoms with Crippen LogP contribution in [0.5, 0.6) is 0 Å². The predicted octanol–water partition coefficient (Wildman–Crippen LogP) is 4.73. The van der Waals surface area contributed by atoms with Gasteiger partial charge >= 0.3 is 6.18 Å². The highest BCUT2D eigenvalue weighted by atomic mass is 35.5. The van der Waals surface area contributed by atoms with Crippen molar-refractivity contribution in [3.05, 3.63) is 64.1 Å². The highest BCUT2D eigenvalue weighted by molar-refractivity contribution is 6.29. The summed E-state index contributed by atoms with van der Waals surface area (Å²) in [4.78, 5) is 19.1. The molecule has 0 spiro atoms. The van der Waals surface area contributed by atoms with Gasteiger partial charge in [-0.1, -0.05) is 29.8 Å². The summed E-state index contributed by atoms with van der Waals surface area (Å²) in [5.74, 6) is -0.486. The molecule has 1 aliphatic rings. The Morgan fingerprint density at radius 1 is 1.14 bits per heavy atom. The van der Waals surface area contributed by atoms with Crippen LogP contribution in [0, 0.1) is 6.92 Å². The molecule has 3 heterocycles. The van der Waals surface area contributed by atoms with E-state index in [-0.39, 0.29) is 17.0 Å². The van der Waals surface area contributed by atoms with Crippen LogP contribution in [-0.4, -0.2) is 38.5 Å². The van der Waals surface area contributed by atoms with Crippen LogP contribution in [-0.2, 0) is 6.18 Å². The first kappa shape index (κ1) is 19.7. The smallest absolute Gasteiger partial charge is 0.337 e. The van der Waals surface area contributed by atoms with Gasteiger partial charge in [-0.2, -0.15) is 18.3 Å². The van der Waals surface area contributed by atoms with E-state index in [2.05, 4.69) is 10.1 Å². The first-order chi connectivity index (χ1) is 13.8. The van der Waals surface area contributed by atoms with E-state index in [0.717, 1.165) is 6.07 Å². The van der Waals surface area contributed by atoms with Crippen molar-refractivity contribution in [2.24, 2.45) is 0 Å². The number of carbonyl (C=O) groups is 1. The van der Waals surface area contributed by atoms with E-state index < -0.39 is 11.7 Å². The number of alkyl halides is 3. The summed E-state index contributed by atoms with van der Waals surface area (Å²) < 4.78 is 41.4. The first-order valence-electron chi connectivity index (χ1n) is 9.23. The second-order valence-corrected chi connectivity index (χ2v) is 7.51. The zero-order chi connectivity index (χ0) is 20.8. The molecule has 29 heavy (non-hydrogen) atoms. The minimum Gasteiger partial charge on any atom is -0.337 e. The lowest BCUT2D eigenvalue weighted by atomic mass is 9.86. The molecule has 152 valence electrons. The molecule has 1 saturated heterocycles. The quantitative estimate of drug-likeness (QED) is 0.600. The van der Waals surface area contributed by atoms with Gasteiger partial charge in [0.15, 0.2) is 11.3 Å². The Bertz CT molecular complexity index is 1070. The number of imidazole rings is 1. The van der Waals surface area contributed by atoms with E-state index in [1.165, 1.54) is 16.6 Å². The van der Waals surface area contributed by atoms with Crippen molar-refractivity contribution in [2.75, 3.05) is 13.1 Å². The van der Waals surface area contributed by atoms with E-state index in [4.69, 9.17) is 11.6 Å². The number of aromatic nitrogens is 3. The van der Waals surface area contributed by atoms with Gasteiger partial charge in [-0.05, 0) is 49.4 Å². The Balaban J connectivity index is 1.55. The van der Waals surface area contributed by atoms with Gasteiger partial charge in [-0.3, -0.25) is 4.79 Å². The summed E-state index contributed by atoms with van der Waals surface area (Å²) in [6, 6.07) is 8.95. The maximum atomic E-state index is 13.3. The maximum Gasteiger partial charge on any atom is 0.416 e. The van der Waals surface area contributed by atoms with Gasteiger partial charge < -0.3 is 4.90 Å². The van der Waals surface area contributed by atoms with Crippen LogP contribution < -0.4 is 0 Å². The number of aryl methyl sites for hydroxylation is 1. The van der Waals surface area contributed by atoms with E-state index in [1.807, 2.05) is 0 Å². The van der Waals surface area contributed by atoms with Gasteiger partial charge in [0.1, 0.15) is 5.15 Å². The fourth-order valence-electron chi connectivity index (χ4n) is 3.92. The number of fused-ring (bicyclic) bond motifs is 1. The highest BCUT2D eigenvalue weighted by Crippen LogP contribution is 2.38. The van der Waals surface area contributed by atoms with Crippen molar-refractivity contribution >= 4 is 23.2 Å². The van der Waals surface area contributed by atoms with Gasteiger partial charge in [-0.15, -0.1) is 0 Å². The maximum absolute atomic E-state index is 13.3. The Morgan fingerprint density at radius 3 is 2.52 bits per heavy atom. The Hall–Kier alpha value is -2.61. The lowest BCUT2D eigenvalue weighted by molar-refractivity contribution is -0.138. The molecule has 1 amide bonds. The third-order valence-electron chi connectivity index (χ3n) is 5.31. The van der Waals surface area contributed by atoms with E-state index in [0.29, 0.717) is 48.5 Å². The van der Waals surface area contributed by atoms with Gasteiger partial charge in [0.05, 0.1) is 11.3 Å². The number of likely N-dealkylation sites (tertiary alicyclic amines) is 1. The molecule has 0 atom stereocenters. The van der Waals surface area contributed by atoms with Crippen LogP contribution in [0.4, 0.5) is 13.2 Å². The molecule has 5 nitrogen and oxygen atoms in total. The minimum atomic E-state index is -4.39. The van der Waals surface area contributed by atoms with E-state index in [9.17, 15) is 18.0 Å². The van der Waals surface area contributed by atoms with Gasteiger partial charge in [0.2, 0.25) is 0 Å².